The van der Waals surface area contributed by atoms with Crippen LogP contribution in [0.1, 0.15) is 54.6 Å². The maximum atomic E-state index is 10.5. The summed E-state index contributed by atoms with van der Waals surface area (Å²) < 4.78 is 0. The highest BCUT2D eigenvalue weighted by molar-refractivity contribution is 5.18. The summed E-state index contributed by atoms with van der Waals surface area (Å²) in [6.45, 7) is 0.786. The Morgan fingerprint density at radius 3 is 1.41 bits per heavy atom. The number of benzene rings is 3. The SMILES string of the molecule is O[C@H](CCC(CC[C@@H](O)c1ccccc1)NCc1ccccc1)c1ccccc1. The smallest absolute Gasteiger partial charge is 0.0790 e. The highest BCUT2D eigenvalue weighted by Crippen LogP contribution is 2.23. The van der Waals surface area contributed by atoms with Gasteiger partial charge in [-0.15, -0.1) is 0 Å². The third-order valence-electron chi connectivity index (χ3n) is 5.38. The molecule has 3 nitrogen and oxygen atoms in total. The molecular formula is C26H31NO2. The standard InChI is InChI=1S/C26H31NO2/c28-25(22-12-6-2-7-13-22)18-16-24(27-20-21-10-4-1-5-11-21)17-19-26(29)23-14-8-3-9-15-23/h1-15,24-29H,16-20H2/t25-,26-/m1/s1. The van der Waals surface area contributed by atoms with Crippen molar-refractivity contribution in [2.75, 3.05) is 0 Å². The summed E-state index contributed by atoms with van der Waals surface area (Å²) in [5.41, 5.74) is 3.15. The van der Waals surface area contributed by atoms with Crippen LogP contribution in [0.15, 0.2) is 91.0 Å². The molecule has 0 aliphatic rings. The maximum absolute atomic E-state index is 10.5. The summed E-state index contributed by atoms with van der Waals surface area (Å²) in [6.07, 6.45) is 2.16. The van der Waals surface area contributed by atoms with E-state index < -0.39 is 12.2 Å². The first-order valence-electron chi connectivity index (χ1n) is 10.5. The Bertz CT molecular complexity index is 758. The maximum Gasteiger partial charge on any atom is 0.0790 e. The molecule has 3 aromatic rings. The van der Waals surface area contributed by atoms with Crippen molar-refractivity contribution in [3.8, 4) is 0 Å². The van der Waals surface area contributed by atoms with E-state index in [-0.39, 0.29) is 6.04 Å². The molecule has 29 heavy (non-hydrogen) atoms. The third-order valence-corrected chi connectivity index (χ3v) is 5.38. The topological polar surface area (TPSA) is 52.5 Å². The fourth-order valence-corrected chi connectivity index (χ4v) is 3.61. The average molecular weight is 390 g/mol. The molecule has 2 atom stereocenters. The van der Waals surface area contributed by atoms with Crippen molar-refractivity contribution in [2.24, 2.45) is 0 Å². The van der Waals surface area contributed by atoms with Gasteiger partial charge in [0.05, 0.1) is 12.2 Å². The van der Waals surface area contributed by atoms with Crippen molar-refractivity contribution in [1.82, 2.24) is 5.32 Å². The first kappa shape index (κ1) is 21.3. The summed E-state index contributed by atoms with van der Waals surface area (Å²) in [4.78, 5) is 0. The van der Waals surface area contributed by atoms with Gasteiger partial charge in [-0.3, -0.25) is 0 Å². The Morgan fingerprint density at radius 1 is 0.552 bits per heavy atom. The highest BCUT2D eigenvalue weighted by Gasteiger charge is 2.16. The van der Waals surface area contributed by atoms with Crippen LogP contribution in [-0.4, -0.2) is 16.3 Å². The minimum absolute atomic E-state index is 0.229. The van der Waals surface area contributed by atoms with Crippen LogP contribution in [-0.2, 0) is 6.54 Å². The highest BCUT2D eigenvalue weighted by atomic mass is 16.3. The number of rotatable bonds is 11. The van der Waals surface area contributed by atoms with Crippen molar-refractivity contribution in [3.63, 3.8) is 0 Å². The minimum Gasteiger partial charge on any atom is -0.388 e. The molecule has 0 saturated carbocycles. The van der Waals surface area contributed by atoms with Crippen LogP contribution in [0.4, 0.5) is 0 Å². The Kier molecular flexibility index (Phi) is 8.44. The lowest BCUT2D eigenvalue weighted by Gasteiger charge is -2.22. The lowest BCUT2D eigenvalue weighted by Crippen LogP contribution is -2.29. The van der Waals surface area contributed by atoms with Crippen LogP contribution < -0.4 is 5.32 Å². The van der Waals surface area contributed by atoms with Crippen LogP contribution in [0.3, 0.4) is 0 Å². The molecule has 0 radical (unpaired) electrons. The zero-order valence-corrected chi connectivity index (χ0v) is 16.8. The van der Waals surface area contributed by atoms with Crippen molar-refractivity contribution in [1.29, 1.82) is 0 Å². The van der Waals surface area contributed by atoms with Crippen LogP contribution >= 0.6 is 0 Å². The van der Waals surface area contributed by atoms with Gasteiger partial charge in [0.15, 0.2) is 0 Å². The molecule has 0 aliphatic carbocycles. The molecule has 0 saturated heterocycles. The summed E-state index contributed by atoms with van der Waals surface area (Å²) in [5, 5.41) is 24.7. The second-order valence-corrected chi connectivity index (χ2v) is 7.57. The van der Waals surface area contributed by atoms with E-state index in [1.54, 1.807) is 0 Å². The zero-order chi connectivity index (χ0) is 20.3. The van der Waals surface area contributed by atoms with Gasteiger partial charge in [-0.05, 0) is 42.4 Å². The number of aliphatic hydroxyl groups is 2. The Morgan fingerprint density at radius 2 is 0.966 bits per heavy atom. The van der Waals surface area contributed by atoms with Crippen molar-refractivity contribution >= 4 is 0 Å². The fourth-order valence-electron chi connectivity index (χ4n) is 3.61. The van der Waals surface area contributed by atoms with Gasteiger partial charge in [0, 0.05) is 12.6 Å². The van der Waals surface area contributed by atoms with E-state index in [0.717, 1.165) is 30.5 Å². The number of hydrogen-bond donors (Lipinski definition) is 3. The lowest BCUT2D eigenvalue weighted by atomic mass is 9.96. The molecule has 3 rings (SSSR count). The van der Waals surface area contributed by atoms with E-state index in [0.29, 0.717) is 12.8 Å². The third kappa shape index (κ3) is 7.13. The molecule has 3 N–H and O–H groups in total. The van der Waals surface area contributed by atoms with E-state index in [9.17, 15) is 10.2 Å². The van der Waals surface area contributed by atoms with Crippen LogP contribution in [0.5, 0.6) is 0 Å². The summed E-state index contributed by atoms with van der Waals surface area (Å²) in [6, 6.07) is 30.2. The summed E-state index contributed by atoms with van der Waals surface area (Å²) >= 11 is 0. The minimum atomic E-state index is -0.462. The number of aliphatic hydroxyl groups excluding tert-OH is 2. The van der Waals surface area contributed by atoms with Gasteiger partial charge in [0.2, 0.25) is 0 Å². The number of hydrogen-bond acceptors (Lipinski definition) is 3. The number of nitrogens with one attached hydrogen (secondary N) is 1. The van der Waals surface area contributed by atoms with Gasteiger partial charge in [0.1, 0.15) is 0 Å². The second kappa shape index (κ2) is 11.5. The molecule has 0 spiro atoms. The predicted molar refractivity (Wildman–Crippen MR) is 118 cm³/mol. The molecule has 0 aliphatic heterocycles. The largest absolute Gasteiger partial charge is 0.388 e. The van der Waals surface area contributed by atoms with Crippen LogP contribution in [0.25, 0.3) is 0 Å². The molecule has 0 fully saturated rings. The molecule has 0 bridgehead atoms. The van der Waals surface area contributed by atoms with E-state index in [4.69, 9.17) is 0 Å². The van der Waals surface area contributed by atoms with E-state index in [2.05, 4.69) is 17.4 Å². The van der Waals surface area contributed by atoms with Crippen molar-refractivity contribution < 1.29 is 10.2 Å². The monoisotopic (exact) mass is 389 g/mol. The summed E-state index contributed by atoms with van der Waals surface area (Å²) in [5.74, 6) is 0. The fraction of sp³-hybridized carbons (Fsp3) is 0.308. The van der Waals surface area contributed by atoms with Gasteiger partial charge in [-0.2, -0.15) is 0 Å². The van der Waals surface area contributed by atoms with Gasteiger partial charge >= 0.3 is 0 Å². The molecule has 3 aromatic carbocycles. The first-order valence-corrected chi connectivity index (χ1v) is 10.5. The Labute approximate surface area is 174 Å². The van der Waals surface area contributed by atoms with Crippen molar-refractivity contribution in [2.45, 2.75) is 50.5 Å². The van der Waals surface area contributed by atoms with Crippen LogP contribution in [0, 0.1) is 0 Å². The van der Waals surface area contributed by atoms with Crippen LogP contribution in [0.2, 0.25) is 0 Å². The Hall–Kier alpha value is -2.46. The van der Waals surface area contributed by atoms with Crippen molar-refractivity contribution in [3.05, 3.63) is 108 Å². The predicted octanol–water partition coefficient (Wildman–Crippen LogP) is 5.17. The van der Waals surface area contributed by atoms with E-state index in [1.165, 1.54) is 5.56 Å². The molecule has 0 unspecified atom stereocenters. The molecule has 0 aromatic heterocycles. The quantitative estimate of drug-likeness (QED) is 0.424. The summed E-state index contributed by atoms with van der Waals surface area (Å²) in [7, 11) is 0. The average Bonchev–Trinajstić information content (AvgIpc) is 2.80. The van der Waals surface area contributed by atoms with Gasteiger partial charge in [0.25, 0.3) is 0 Å². The first-order chi connectivity index (χ1) is 14.2. The van der Waals surface area contributed by atoms with Gasteiger partial charge in [-0.1, -0.05) is 91.0 Å². The second-order valence-electron chi connectivity index (χ2n) is 7.57. The molecule has 3 heteroatoms. The van der Waals surface area contributed by atoms with Gasteiger partial charge < -0.3 is 15.5 Å². The molecule has 0 heterocycles. The lowest BCUT2D eigenvalue weighted by molar-refractivity contribution is 0.145. The van der Waals surface area contributed by atoms with Gasteiger partial charge in [-0.25, -0.2) is 0 Å². The zero-order valence-electron chi connectivity index (χ0n) is 16.8. The molecule has 0 amide bonds. The molecule has 152 valence electrons. The normalized spacial score (nSPS) is 13.3. The van der Waals surface area contributed by atoms with E-state index >= 15 is 0 Å². The molecular weight excluding hydrogens is 358 g/mol. The Balaban J connectivity index is 1.56. The van der Waals surface area contributed by atoms with E-state index in [1.807, 2.05) is 78.9 Å².